The Hall–Kier alpha value is -1.62. The van der Waals surface area contributed by atoms with Crippen molar-refractivity contribution in [3.63, 3.8) is 0 Å². The average molecular weight is 317 g/mol. The molecule has 1 unspecified atom stereocenters. The van der Waals surface area contributed by atoms with Crippen LogP contribution in [0, 0.1) is 0 Å². The Morgan fingerprint density at radius 2 is 1.71 bits per heavy atom. The molecule has 0 N–H and O–H groups in total. The first kappa shape index (κ1) is 17.4. The van der Waals surface area contributed by atoms with Gasteiger partial charge in [-0.1, -0.05) is 24.9 Å². The van der Waals surface area contributed by atoms with Gasteiger partial charge < -0.3 is 18.9 Å². The maximum Gasteiger partial charge on any atom is 0.339 e. The van der Waals surface area contributed by atoms with Crippen LogP contribution < -0.4 is 14.2 Å². The van der Waals surface area contributed by atoms with E-state index in [4.69, 9.17) is 30.5 Å². The second-order valence-corrected chi connectivity index (χ2v) is 4.86. The molecular weight excluding hydrogens is 296 g/mol. The number of ether oxygens (including phenoxy) is 4. The van der Waals surface area contributed by atoms with E-state index in [2.05, 4.69) is 0 Å². The lowest BCUT2D eigenvalue weighted by Gasteiger charge is -2.15. The molecule has 118 valence electrons. The Kier molecular flexibility index (Phi) is 7.15. The molecule has 0 aromatic heterocycles. The molecule has 1 aromatic carbocycles. The molecule has 5 nitrogen and oxygen atoms in total. The first-order valence-corrected chi connectivity index (χ1v) is 7.16. The van der Waals surface area contributed by atoms with Crippen LogP contribution in [0.5, 0.6) is 17.2 Å². The summed E-state index contributed by atoms with van der Waals surface area (Å²) >= 11 is 5.98. The number of rotatable bonds is 8. The first-order chi connectivity index (χ1) is 10.1. The van der Waals surface area contributed by atoms with Crippen molar-refractivity contribution in [2.45, 2.75) is 31.7 Å². The topological polar surface area (TPSA) is 54.0 Å². The normalized spacial score (nSPS) is 11.7. The van der Waals surface area contributed by atoms with Gasteiger partial charge in [0.1, 0.15) is 0 Å². The van der Waals surface area contributed by atoms with E-state index in [0.29, 0.717) is 29.2 Å². The van der Waals surface area contributed by atoms with Gasteiger partial charge in [0.2, 0.25) is 5.75 Å². The first-order valence-electron chi connectivity index (χ1n) is 6.72. The fourth-order valence-corrected chi connectivity index (χ4v) is 2.04. The zero-order valence-corrected chi connectivity index (χ0v) is 13.5. The number of carbonyl (C=O) groups is 1. The van der Waals surface area contributed by atoms with Gasteiger partial charge in [-0.2, -0.15) is 0 Å². The van der Waals surface area contributed by atoms with Crippen LogP contribution in [0.2, 0.25) is 0 Å². The monoisotopic (exact) mass is 316 g/mol. The van der Waals surface area contributed by atoms with Crippen LogP contribution in [-0.4, -0.2) is 32.9 Å². The van der Waals surface area contributed by atoms with Gasteiger partial charge in [-0.05, 0) is 25.0 Å². The predicted octanol–water partition coefficient (Wildman–Crippen LogP) is 3.62. The molecule has 1 rings (SSSR count). The third-order valence-electron chi connectivity index (χ3n) is 2.92. The summed E-state index contributed by atoms with van der Waals surface area (Å²) in [6.45, 7) is 2.05. The lowest BCUT2D eigenvalue weighted by molar-refractivity contribution is 0.0433. The molecule has 0 saturated heterocycles. The molecule has 1 atom stereocenters. The largest absolute Gasteiger partial charge is 0.493 e. The minimum Gasteiger partial charge on any atom is -0.493 e. The summed E-state index contributed by atoms with van der Waals surface area (Å²) in [5.41, 5.74) is -0.344. The number of alkyl halides is 1. The molecule has 0 aliphatic rings. The average Bonchev–Trinajstić information content (AvgIpc) is 2.51. The van der Waals surface area contributed by atoms with Gasteiger partial charge in [0.25, 0.3) is 0 Å². The van der Waals surface area contributed by atoms with E-state index in [1.54, 1.807) is 0 Å². The Morgan fingerprint density at radius 1 is 1.14 bits per heavy atom. The lowest BCUT2D eigenvalue weighted by Crippen LogP contribution is -2.13. The standard InChI is InChI=1S/C15H21ClO5/c1-5-6-7-13(16)21-15(17)10-8-11(18-2)14(20-4)12(9-10)19-3/h8-9,13H,5-7H2,1-4H3. The Morgan fingerprint density at radius 3 is 2.14 bits per heavy atom. The van der Waals surface area contributed by atoms with Crippen LogP contribution in [-0.2, 0) is 4.74 Å². The van der Waals surface area contributed by atoms with E-state index >= 15 is 0 Å². The Bertz CT molecular complexity index is 450. The molecule has 21 heavy (non-hydrogen) atoms. The molecular formula is C15H21ClO5. The molecule has 0 saturated carbocycles. The van der Waals surface area contributed by atoms with Gasteiger partial charge >= 0.3 is 5.97 Å². The van der Waals surface area contributed by atoms with Crippen molar-refractivity contribution in [1.82, 2.24) is 0 Å². The van der Waals surface area contributed by atoms with E-state index in [0.717, 1.165) is 12.8 Å². The van der Waals surface area contributed by atoms with E-state index < -0.39 is 11.5 Å². The van der Waals surface area contributed by atoms with Gasteiger partial charge in [0.15, 0.2) is 17.1 Å². The number of hydrogen-bond acceptors (Lipinski definition) is 5. The summed E-state index contributed by atoms with van der Waals surface area (Å²) in [5.74, 6) is 0.683. The fourth-order valence-electron chi connectivity index (χ4n) is 1.81. The molecule has 0 aliphatic heterocycles. The van der Waals surface area contributed by atoms with Crippen LogP contribution in [0.1, 0.15) is 36.5 Å². The number of hydrogen-bond donors (Lipinski definition) is 0. The molecule has 0 radical (unpaired) electrons. The van der Waals surface area contributed by atoms with Crippen molar-refractivity contribution < 1.29 is 23.7 Å². The molecule has 0 fully saturated rings. The highest BCUT2D eigenvalue weighted by Gasteiger charge is 2.19. The van der Waals surface area contributed by atoms with Crippen LogP contribution in [0.25, 0.3) is 0 Å². The molecule has 6 heteroatoms. The number of halogens is 1. The summed E-state index contributed by atoms with van der Waals surface area (Å²) < 4.78 is 20.8. The lowest BCUT2D eigenvalue weighted by atomic mass is 10.2. The second-order valence-electron chi connectivity index (χ2n) is 4.37. The molecule has 0 aliphatic carbocycles. The van der Waals surface area contributed by atoms with Crippen LogP contribution >= 0.6 is 11.6 Å². The van der Waals surface area contributed by atoms with Crippen LogP contribution in [0.3, 0.4) is 0 Å². The van der Waals surface area contributed by atoms with Crippen molar-refractivity contribution in [2.24, 2.45) is 0 Å². The number of carbonyl (C=O) groups excluding carboxylic acids is 1. The van der Waals surface area contributed by atoms with Crippen molar-refractivity contribution in [1.29, 1.82) is 0 Å². The number of methoxy groups -OCH3 is 3. The SMILES string of the molecule is CCCCC(Cl)OC(=O)c1cc(OC)c(OC)c(OC)c1. The number of esters is 1. The Balaban J connectivity index is 2.94. The number of unbranched alkanes of at least 4 members (excludes halogenated alkanes) is 1. The van der Waals surface area contributed by atoms with Crippen molar-refractivity contribution in [3.8, 4) is 17.2 Å². The van der Waals surface area contributed by atoms with E-state index in [-0.39, 0.29) is 0 Å². The van der Waals surface area contributed by atoms with E-state index in [1.807, 2.05) is 6.92 Å². The highest BCUT2D eigenvalue weighted by Crippen LogP contribution is 2.38. The molecule has 0 amide bonds. The molecule has 0 bridgehead atoms. The highest BCUT2D eigenvalue weighted by molar-refractivity contribution is 6.20. The van der Waals surface area contributed by atoms with Crippen LogP contribution in [0.4, 0.5) is 0 Å². The second kappa shape index (κ2) is 8.62. The van der Waals surface area contributed by atoms with Gasteiger partial charge in [-0.3, -0.25) is 0 Å². The predicted molar refractivity (Wildman–Crippen MR) is 80.7 cm³/mol. The maximum absolute atomic E-state index is 12.1. The van der Waals surface area contributed by atoms with Crippen molar-refractivity contribution >= 4 is 17.6 Å². The summed E-state index contributed by atoms with van der Waals surface area (Å²) in [6, 6.07) is 3.07. The van der Waals surface area contributed by atoms with Crippen molar-refractivity contribution in [3.05, 3.63) is 17.7 Å². The minimum absolute atomic E-state index is 0.298. The Labute approximate surface area is 130 Å². The molecule has 0 spiro atoms. The van der Waals surface area contributed by atoms with Crippen LogP contribution in [0.15, 0.2) is 12.1 Å². The minimum atomic E-state index is -0.642. The van der Waals surface area contributed by atoms with Gasteiger partial charge in [0.05, 0.1) is 26.9 Å². The third-order valence-corrected chi connectivity index (χ3v) is 3.23. The zero-order valence-electron chi connectivity index (χ0n) is 12.8. The molecule has 0 heterocycles. The van der Waals surface area contributed by atoms with Gasteiger partial charge in [-0.25, -0.2) is 4.79 Å². The van der Waals surface area contributed by atoms with Gasteiger partial charge in [-0.15, -0.1) is 0 Å². The quantitative estimate of drug-likeness (QED) is 0.541. The summed E-state index contributed by atoms with van der Waals surface area (Å²) in [4.78, 5) is 12.1. The highest BCUT2D eigenvalue weighted by atomic mass is 35.5. The van der Waals surface area contributed by atoms with E-state index in [1.165, 1.54) is 33.5 Å². The smallest absolute Gasteiger partial charge is 0.339 e. The number of benzene rings is 1. The third kappa shape index (κ3) is 4.70. The van der Waals surface area contributed by atoms with Gasteiger partial charge in [0, 0.05) is 0 Å². The zero-order chi connectivity index (χ0) is 15.8. The summed E-state index contributed by atoms with van der Waals surface area (Å²) in [6.07, 6.45) is 2.51. The summed E-state index contributed by atoms with van der Waals surface area (Å²) in [5, 5.41) is 0. The summed E-state index contributed by atoms with van der Waals surface area (Å²) in [7, 11) is 4.47. The van der Waals surface area contributed by atoms with Crippen molar-refractivity contribution in [2.75, 3.05) is 21.3 Å². The molecule has 1 aromatic rings. The maximum atomic E-state index is 12.1. The van der Waals surface area contributed by atoms with E-state index in [9.17, 15) is 4.79 Å². The fraction of sp³-hybridized carbons (Fsp3) is 0.533.